The monoisotopic (exact) mass is 270 g/mol. The number of anilines is 1. The molecule has 0 saturated heterocycles. The van der Waals surface area contributed by atoms with Gasteiger partial charge in [-0.05, 0) is 23.4 Å². The predicted molar refractivity (Wildman–Crippen MR) is 63.4 cm³/mol. The predicted octanol–water partition coefficient (Wildman–Crippen LogP) is 0.801. The summed E-state index contributed by atoms with van der Waals surface area (Å²) in [6, 6.07) is 1.32. The maximum atomic E-state index is 11.1. The van der Waals surface area contributed by atoms with Crippen molar-refractivity contribution in [2.24, 2.45) is 0 Å². The van der Waals surface area contributed by atoms with Crippen LogP contribution in [0.4, 0.5) is 5.95 Å². The highest BCUT2D eigenvalue weighted by Crippen LogP contribution is 2.21. The van der Waals surface area contributed by atoms with Crippen LogP contribution in [-0.2, 0) is 0 Å². The van der Waals surface area contributed by atoms with Gasteiger partial charge in [-0.3, -0.25) is 4.79 Å². The second-order valence-electron chi connectivity index (χ2n) is 2.80. The van der Waals surface area contributed by atoms with Gasteiger partial charge >= 0.3 is 0 Å². The van der Waals surface area contributed by atoms with Crippen LogP contribution in [0.3, 0.4) is 0 Å². The molecule has 0 aliphatic rings. The fourth-order valence-corrected chi connectivity index (χ4v) is 1.89. The van der Waals surface area contributed by atoms with E-state index in [-0.39, 0.29) is 10.8 Å². The van der Waals surface area contributed by atoms with E-state index in [9.17, 15) is 4.79 Å². The molecular weight excluding hydrogens is 264 g/mol. The number of hydrogen-bond acceptors (Lipinski definition) is 7. The van der Waals surface area contributed by atoms with Gasteiger partial charge in [-0.2, -0.15) is 15.0 Å². The van der Waals surface area contributed by atoms with Crippen molar-refractivity contribution in [1.29, 1.82) is 0 Å². The van der Waals surface area contributed by atoms with E-state index in [2.05, 4.69) is 30.2 Å². The van der Waals surface area contributed by atoms with Gasteiger partial charge in [0.25, 0.3) is 5.56 Å². The van der Waals surface area contributed by atoms with E-state index in [1.54, 1.807) is 7.05 Å². The Balaban J connectivity index is 2.29. The number of halogens is 1. The van der Waals surface area contributed by atoms with Crippen molar-refractivity contribution in [3.63, 3.8) is 0 Å². The van der Waals surface area contributed by atoms with Crippen molar-refractivity contribution in [1.82, 2.24) is 24.9 Å². The van der Waals surface area contributed by atoms with E-state index >= 15 is 0 Å². The van der Waals surface area contributed by atoms with E-state index in [1.807, 2.05) is 0 Å². The van der Waals surface area contributed by atoms with Crippen molar-refractivity contribution in [2.75, 3.05) is 12.4 Å². The van der Waals surface area contributed by atoms with Gasteiger partial charge in [0.05, 0.1) is 0 Å². The summed E-state index contributed by atoms with van der Waals surface area (Å²) in [5.74, 6) is 0.353. The third-order valence-corrected chi connectivity index (χ3v) is 2.58. The van der Waals surface area contributed by atoms with E-state index < -0.39 is 0 Å². The van der Waals surface area contributed by atoms with Crippen LogP contribution in [0.5, 0.6) is 0 Å². The zero-order chi connectivity index (χ0) is 12.3. The fourth-order valence-electron chi connectivity index (χ4n) is 0.980. The average molecular weight is 271 g/mol. The maximum absolute atomic E-state index is 11.1. The first-order chi connectivity index (χ1) is 8.17. The minimum Gasteiger partial charge on any atom is -0.357 e. The smallest absolute Gasteiger partial charge is 0.251 e. The third kappa shape index (κ3) is 3.14. The molecule has 2 aromatic heterocycles. The van der Waals surface area contributed by atoms with Crippen molar-refractivity contribution in [2.45, 2.75) is 10.3 Å². The number of aromatic amines is 1. The van der Waals surface area contributed by atoms with Crippen molar-refractivity contribution >= 4 is 29.3 Å². The third-order valence-electron chi connectivity index (χ3n) is 1.65. The second kappa shape index (κ2) is 5.11. The molecule has 0 unspecified atom stereocenters. The zero-order valence-electron chi connectivity index (χ0n) is 8.64. The molecule has 0 spiro atoms. The van der Waals surface area contributed by atoms with Gasteiger partial charge in [-0.1, -0.05) is 0 Å². The number of aromatic nitrogens is 5. The molecule has 0 radical (unpaired) electrons. The normalized spacial score (nSPS) is 10.2. The van der Waals surface area contributed by atoms with Gasteiger partial charge < -0.3 is 10.3 Å². The Labute approximate surface area is 105 Å². The molecule has 0 aliphatic heterocycles. The molecule has 0 amide bonds. The lowest BCUT2D eigenvalue weighted by atomic mass is 10.7. The molecule has 2 aromatic rings. The van der Waals surface area contributed by atoms with Gasteiger partial charge in [-0.25, -0.2) is 4.98 Å². The number of hydrogen-bond donors (Lipinski definition) is 2. The summed E-state index contributed by atoms with van der Waals surface area (Å²) in [7, 11) is 1.67. The van der Waals surface area contributed by atoms with E-state index in [4.69, 9.17) is 11.6 Å². The second-order valence-corrected chi connectivity index (χ2v) is 4.10. The zero-order valence-corrected chi connectivity index (χ0v) is 10.2. The minimum atomic E-state index is -0.239. The molecule has 2 heterocycles. The minimum absolute atomic E-state index is 0.0742. The van der Waals surface area contributed by atoms with Crippen LogP contribution in [-0.4, -0.2) is 32.0 Å². The number of nitrogens with zero attached hydrogens (tertiary/aromatic N) is 4. The van der Waals surface area contributed by atoms with Crippen LogP contribution in [0.1, 0.15) is 0 Å². The summed E-state index contributed by atoms with van der Waals surface area (Å²) in [4.78, 5) is 29.4. The van der Waals surface area contributed by atoms with Gasteiger partial charge in [0.2, 0.25) is 16.4 Å². The lowest BCUT2D eigenvalue weighted by Crippen LogP contribution is -2.06. The van der Waals surface area contributed by atoms with Gasteiger partial charge in [0.1, 0.15) is 0 Å². The van der Waals surface area contributed by atoms with Crippen molar-refractivity contribution < 1.29 is 0 Å². The lowest BCUT2D eigenvalue weighted by molar-refractivity contribution is 0.885. The molecule has 0 fully saturated rings. The molecule has 0 saturated carbocycles. The highest BCUT2D eigenvalue weighted by molar-refractivity contribution is 7.99. The van der Waals surface area contributed by atoms with E-state index in [0.717, 1.165) is 11.8 Å². The van der Waals surface area contributed by atoms with E-state index in [1.165, 1.54) is 12.3 Å². The van der Waals surface area contributed by atoms with Crippen molar-refractivity contribution in [3.8, 4) is 0 Å². The Morgan fingerprint density at radius 1 is 1.41 bits per heavy atom. The van der Waals surface area contributed by atoms with Gasteiger partial charge in [0.15, 0.2) is 5.16 Å². The first-order valence-electron chi connectivity index (χ1n) is 4.50. The van der Waals surface area contributed by atoms with Crippen LogP contribution in [0.2, 0.25) is 5.28 Å². The highest BCUT2D eigenvalue weighted by atomic mass is 35.5. The Kier molecular flexibility index (Phi) is 3.55. The van der Waals surface area contributed by atoms with Gasteiger partial charge in [0, 0.05) is 19.3 Å². The molecular formula is C8H7ClN6OS. The van der Waals surface area contributed by atoms with Crippen LogP contribution in [0.15, 0.2) is 27.4 Å². The number of H-pyrrole nitrogens is 1. The Morgan fingerprint density at radius 2 is 2.24 bits per heavy atom. The number of rotatable bonds is 3. The largest absolute Gasteiger partial charge is 0.357 e. The summed E-state index contributed by atoms with van der Waals surface area (Å²) in [5, 5.41) is 3.57. The van der Waals surface area contributed by atoms with Crippen molar-refractivity contribution in [3.05, 3.63) is 27.9 Å². The summed E-state index contributed by atoms with van der Waals surface area (Å²) in [5.41, 5.74) is -0.239. The summed E-state index contributed by atoms with van der Waals surface area (Å²) in [6.45, 7) is 0. The molecule has 0 bridgehead atoms. The maximum Gasteiger partial charge on any atom is 0.251 e. The molecule has 2 N–H and O–H groups in total. The Hall–Kier alpha value is -1.67. The average Bonchev–Trinajstić information content (AvgIpc) is 2.28. The molecule has 9 heteroatoms. The first-order valence-corrected chi connectivity index (χ1v) is 5.69. The summed E-state index contributed by atoms with van der Waals surface area (Å²) >= 11 is 6.81. The number of nitrogens with one attached hydrogen (secondary N) is 2. The van der Waals surface area contributed by atoms with E-state index in [0.29, 0.717) is 16.3 Å². The van der Waals surface area contributed by atoms with Crippen LogP contribution < -0.4 is 10.9 Å². The molecule has 0 atom stereocenters. The Morgan fingerprint density at radius 3 is 2.94 bits per heavy atom. The summed E-state index contributed by atoms with van der Waals surface area (Å²) < 4.78 is 0. The summed E-state index contributed by atoms with van der Waals surface area (Å²) in [6.07, 6.45) is 1.41. The first kappa shape index (κ1) is 11.8. The molecule has 7 nitrogen and oxygen atoms in total. The quantitative estimate of drug-likeness (QED) is 0.796. The molecule has 0 aromatic carbocycles. The molecule has 17 heavy (non-hydrogen) atoms. The topological polar surface area (TPSA) is 96.5 Å². The van der Waals surface area contributed by atoms with Crippen LogP contribution in [0.25, 0.3) is 0 Å². The Bertz CT molecular complexity index is 588. The van der Waals surface area contributed by atoms with Gasteiger partial charge in [-0.15, -0.1) is 0 Å². The van der Waals surface area contributed by atoms with Crippen LogP contribution in [0, 0.1) is 0 Å². The lowest BCUT2D eigenvalue weighted by Gasteiger charge is -2.02. The fraction of sp³-hybridized carbons (Fsp3) is 0.125. The SMILES string of the molecule is CNc1nc(Cl)nc(Sc2nccc(=O)[nH]2)n1. The molecule has 0 aliphatic carbocycles. The molecule has 88 valence electrons. The highest BCUT2D eigenvalue weighted by Gasteiger charge is 2.07. The molecule has 2 rings (SSSR count). The standard InChI is InChI=1S/C8H7ClN6OS/c1-10-6-13-5(9)14-8(15-6)17-7-11-3-2-4(16)12-7/h2-3H,1H3,(H,11,12,16)(H,10,13,14,15). The van der Waals surface area contributed by atoms with Crippen LogP contribution >= 0.6 is 23.4 Å².